The van der Waals surface area contributed by atoms with E-state index in [1.165, 1.54) is 18.4 Å². The van der Waals surface area contributed by atoms with Crippen LogP contribution in [0.4, 0.5) is 0 Å². The minimum atomic E-state index is 0.483. The van der Waals surface area contributed by atoms with Gasteiger partial charge in [0.2, 0.25) is 0 Å². The second-order valence-corrected chi connectivity index (χ2v) is 5.75. The molecular weight excluding hydrogens is 222 g/mol. The molecule has 2 heteroatoms. The van der Waals surface area contributed by atoms with Gasteiger partial charge in [0.1, 0.15) is 0 Å². The third kappa shape index (κ3) is 3.33. The molecular formula is C16H25NO. The highest BCUT2D eigenvalue weighted by Crippen LogP contribution is 2.37. The summed E-state index contributed by atoms with van der Waals surface area (Å²) < 4.78 is 5.28. The SMILES string of the molecule is COCC(NC1CC(c2ccccc2)C1)C(C)C. The van der Waals surface area contributed by atoms with Gasteiger partial charge in [0, 0.05) is 19.2 Å². The normalized spacial score (nSPS) is 24.9. The van der Waals surface area contributed by atoms with E-state index in [1.54, 1.807) is 7.11 Å². The Morgan fingerprint density at radius 2 is 1.89 bits per heavy atom. The molecule has 1 aromatic carbocycles. The van der Waals surface area contributed by atoms with Gasteiger partial charge in [-0.3, -0.25) is 0 Å². The number of benzene rings is 1. The molecule has 1 atom stereocenters. The monoisotopic (exact) mass is 247 g/mol. The molecule has 0 saturated heterocycles. The van der Waals surface area contributed by atoms with Crippen molar-refractivity contribution in [2.24, 2.45) is 5.92 Å². The van der Waals surface area contributed by atoms with E-state index in [9.17, 15) is 0 Å². The Hall–Kier alpha value is -0.860. The zero-order valence-corrected chi connectivity index (χ0v) is 11.7. The topological polar surface area (TPSA) is 21.3 Å². The van der Waals surface area contributed by atoms with E-state index >= 15 is 0 Å². The van der Waals surface area contributed by atoms with E-state index in [2.05, 4.69) is 49.5 Å². The first-order valence-electron chi connectivity index (χ1n) is 7.00. The van der Waals surface area contributed by atoms with Gasteiger partial charge in [-0.05, 0) is 30.2 Å². The summed E-state index contributed by atoms with van der Waals surface area (Å²) in [5.74, 6) is 1.37. The fourth-order valence-corrected chi connectivity index (χ4v) is 2.67. The lowest BCUT2D eigenvalue weighted by molar-refractivity contribution is 0.126. The average molecular weight is 247 g/mol. The van der Waals surface area contributed by atoms with Crippen LogP contribution in [0.2, 0.25) is 0 Å². The Morgan fingerprint density at radius 1 is 1.22 bits per heavy atom. The third-order valence-electron chi connectivity index (χ3n) is 4.01. The third-order valence-corrected chi connectivity index (χ3v) is 4.01. The summed E-state index contributed by atoms with van der Waals surface area (Å²) in [6, 6.07) is 12.0. The van der Waals surface area contributed by atoms with Crippen LogP contribution in [0.15, 0.2) is 30.3 Å². The summed E-state index contributed by atoms with van der Waals surface area (Å²) in [6.07, 6.45) is 2.52. The highest BCUT2D eigenvalue weighted by Gasteiger charge is 2.31. The van der Waals surface area contributed by atoms with Crippen molar-refractivity contribution >= 4 is 0 Å². The predicted octanol–water partition coefficient (Wildman–Crippen LogP) is 3.19. The van der Waals surface area contributed by atoms with E-state index < -0.39 is 0 Å². The molecule has 100 valence electrons. The van der Waals surface area contributed by atoms with Crippen LogP contribution in [0.5, 0.6) is 0 Å². The second-order valence-electron chi connectivity index (χ2n) is 5.75. The van der Waals surface area contributed by atoms with Gasteiger partial charge in [-0.2, -0.15) is 0 Å². The quantitative estimate of drug-likeness (QED) is 0.833. The van der Waals surface area contributed by atoms with Crippen LogP contribution in [0.25, 0.3) is 0 Å². The fraction of sp³-hybridized carbons (Fsp3) is 0.625. The summed E-state index contributed by atoms with van der Waals surface area (Å²) in [5.41, 5.74) is 1.49. The van der Waals surface area contributed by atoms with Gasteiger partial charge in [-0.15, -0.1) is 0 Å². The molecule has 1 unspecified atom stereocenters. The minimum Gasteiger partial charge on any atom is -0.383 e. The molecule has 0 aromatic heterocycles. The van der Waals surface area contributed by atoms with Crippen molar-refractivity contribution < 1.29 is 4.74 Å². The molecule has 2 nitrogen and oxygen atoms in total. The van der Waals surface area contributed by atoms with Gasteiger partial charge in [0.15, 0.2) is 0 Å². The van der Waals surface area contributed by atoms with Crippen molar-refractivity contribution in [3.05, 3.63) is 35.9 Å². The van der Waals surface area contributed by atoms with Crippen LogP contribution in [-0.4, -0.2) is 25.8 Å². The molecule has 1 aromatic rings. The van der Waals surface area contributed by atoms with E-state index in [1.807, 2.05) is 0 Å². The molecule has 0 heterocycles. The van der Waals surface area contributed by atoms with Gasteiger partial charge >= 0.3 is 0 Å². The second kappa shape index (κ2) is 6.35. The summed E-state index contributed by atoms with van der Waals surface area (Å²) >= 11 is 0. The fourth-order valence-electron chi connectivity index (χ4n) is 2.67. The molecule has 0 spiro atoms. The molecule has 1 N–H and O–H groups in total. The van der Waals surface area contributed by atoms with Crippen LogP contribution >= 0.6 is 0 Å². The molecule has 18 heavy (non-hydrogen) atoms. The average Bonchev–Trinajstić information content (AvgIpc) is 2.32. The van der Waals surface area contributed by atoms with Crippen molar-refractivity contribution in [2.45, 2.75) is 44.7 Å². The van der Waals surface area contributed by atoms with Gasteiger partial charge in [-0.25, -0.2) is 0 Å². The molecule has 1 aliphatic rings. The van der Waals surface area contributed by atoms with Crippen LogP contribution in [0.3, 0.4) is 0 Å². The number of rotatable bonds is 6. The lowest BCUT2D eigenvalue weighted by Crippen LogP contribution is -2.49. The van der Waals surface area contributed by atoms with E-state index in [0.717, 1.165) is 12.5 Å². The largest absolute Gasteiger partial charge is 0.383 e. The number of methoxy groups -OCH3 is 1. The molecule has 1 saturated carbocycles. The first kappa shape index (κ1) is 13.6. The van der Waals surface area contributed by atoms with Crippen molar-refractivity contribution in [1.29, 1.82) is 0 Å². The van der Waals surface area contributed by atoms with Gasteiger partial charge in [0.05, 0.1) is 6.61 Å². The molecule has 1 fully saturated rings. The summed E-state index contributed by atoms with van der Waals surface area (Å²) in [5, 5.41) is 3.73. The Balaban J connectivity index is 1.79. The van der Waals surface area contributed by atoms with E-state index in [-0.39, 0.29) is 0 Å². The zero-order chi connectivity index (χ0) is 13.0. The first-order valence-corrected chi connectivity index (χ1v) is 7.00. The van der Waals surface area contributed by atoms with Crippen LogP contribution in [0.1, 0.15) is 38.2 Å². The van der Waals surface area contributed by atoms with Gasteiger partial charge < -0.3 is 10.1 Å². The van der Waals surface area contributed by atoms with Crippen molar-refractivity contribution in [3.63, 3.8) is 0 Å². The number of hydrogen-bond donors (Lipinski definition) is 1. The number of nitrogens with one attached hydrogen (secondary N) is 1. The molecule has 0 aliphatic heterocycles. The standard InChI is InChI=1S/C16H25NO/c1-12(2)16(11-18-3)17-15-9-14(10-15)13-7-5-4-6-8-13/h4-8,12,14-17H,9-11H2,1-3H3. The van der Waals surface area contributed by atoms with Crippen LogP contribution in [-0.2, 0) is 4.74 Å². The summed E-state index contributed by atoms with van der Waals surface area (Å²) in [7, 11) is 1.78. The Labute approximate surface area is 111 Å². The van der Waals surface area contributed by atoms with Crippen LogP contribution in [0, 0.1) is 5.92 Å². The lowest BCUT2D eigenvalue weighted by atomic mass is 9.75. The summed E-state index contributed by atoms with van der Waals surface area (Å²) in [6.45, 7) is 5.32. The number of ether oxygens (including phenoxy) is 1. The maximum atomic E-state index is 5.28. The Kier molecular flexibility index (Phi) is 4.79. The molecule has 0 radical (unpaired) electrons. The zero-order valence-electron chi connectivity index (χ0n) is 11.7. The van der Waals surface area contributed by atoms with Gasteiger partial charge in [0.25, 0.3) is 0 Å². The highest BCUT2D eigenvalue weighted by molar-refractivity contribution is 5.22. The van der Waals surface area contributed by atoms with Crippen molar-refractivity contribution in [3.8, 4) is 0 Å². The summed E-state index contributed by atoms with van der Waals surface area (Å²) in [4.78, 5) is 0. The molecule has 1 aliphatic carbocycles. The molecule has 0 bridgehead atoms. The Morgan fingerprint density at radius 3 is 2.44 bits per heavy atom. The van der Waals surface area contributed by atoms with Gasteiger partial charge in [-0.1, -0.05) is 44.2 Å². The maximum Gasteiger partial charge on any atom is 0.0618 e. The maximum absolute atomic E-state index is 5.28. The van der Waals surface area contributed by atoms with Crippen molar-refractivity contribution in [1.82, 2.24) is 5.32 Å². The highest BCUT2D eigenvalue weighted by atomic mass is 16.5. The Bertz CT molecular complexity index is 343. The van der Waals surface area contributed by atoms with Crippen LogP contribution < -0.4 is 5.32 Å². The first-order chi connectivity index (χ1) is 8.70. The number of hydrogen-bond acceptors (Lipinski definition) is 2. The smallest absolute Gasteiger partial charge is 0.0618 e. The lowest BCUT2D eigenvalue weighted by Gasteiger charge is -2.39. The van der Waals surface area contributed by atoms with E-state index in [4.69, 9.17) is 4.74 Å². The molecule has 2 rings (SSSR count). The van der Waals surface area contributed by atoms with E-state index in [0.29, 0.717) is 18.0 Å². The minimum absolute atomic E-state index is 0.483. The van der Waals surface area contributed by atoms with Crippen molar-refractivity contribution in [2.75, 3.05) is 13.7 Å². The molecule has 0 amide bonds. The predicted molar refractivity (Wildman–Crippen MR) is 75.8 cm³/mol.